The molecule has 0 spiro atoms. The highest BCUT2D eigenvalue weighted by Crippen LogP contribution is 2.17. The van der Waals surface area contributed by atoms with Crippen LogP contribution in [0.15, 0.2) is 16.5 Å². The molecule has 1 aromatic heterocycles. The number of aryl methyl sites for hydroxylation is 1. The van der Waals surface area contributed by atoms with Crippen LogP contribution in [0.5, 0.6) is 0 Å². The highest BCUT2D eigenvalue weighted by molar-refractivity contribution is 5.35. The Morgan fingerprint density at radius 3 is 2.54 bits per heavy atom. The zero-order valence-electron chi connectivity index (χ0n) is 8.77. The molecule has 0 aliphatic rings. The van der Waals surface area contributed by atoms with Crippen molar-refractivity contribution in [2.24, 2.45) is 0 Å². The molecule has 0 radical (unpaired) electrons. The van der Waals surface area contributed by atoms with Crippen LogP contribution in [0.25, 0.3) is 0 Å². The molecule has 1 heterocycles. The molecule has 0 saturated heterocycles. The Kier molecular flexibility index (Phi) is 2.98. The number of furan rings is 1. The quantitative estimate of drug-likeness (QED) is 0.747. The Balaban J connectivity index is 2.57. The molecule has 13 heavy (non-hydrogen) atoms. The third kappa shape index (κ3) is 3.11. The van der Waals surface area contributed by atoms with E-state index in [-0.39, 0.29) is 5.54 Å². The van der Waals surface area contributed by atoms with Gasteiger partial charge in [-0.15, -0.1) is 0 Å². The van der Waals surface area contributed by atoms with Crippen LogP contribution in [0.3, 0.4) is 0 Å². The summed E-state index contributed by atoms with van der Waals surface area (Å²) >= 11 is 0. The van der Waals surface area contributed by atoms with E-state index in [0.29, 0.717) is 0 Å². The fraction of sp³-hybridized carbons (Fsp3) is 0.600. The molecule has 0 unspecified atom stereocenters. The van der Waals surface area contributed by atoms with Crippen molar-refractivity contribution in [1.29, 1.82) is 0 Å². The van der Waals surface area contributed by atoms with Gasteiger partial charge in [0.1, 0.15) is 5.76 Å². The van der Waals surface area contributed by atoms with E-state index in [2.05, 4.69) is 24.5 Å². The third-order valence-corrected chi connectivity index (χ3v) is 1.82. The molecule has 0 aliphatic carbocycles. The van der Waals surface area contributed by atoms with Crippen molar-refractivity contribution in [3.63, 3.8) is 0 Å². The normalized spacial score (nSPS) is 11.7. The Bertz CT molecular complexity index is 266. The number of rotatable bonds is 4. The van der Waals surface area contributed by atoms with Crippen molar-refractivity contribution >= 4 is 5.88 Å². The Labute approximate surface area is 79.5 Å². The molecule has 3 nitrogen and oxygen atoms in total. The first-order chi connectivity index (χ1) is 6.03. The highest BCUT2D eigenvalue weighted by Gasteiger charge is 2.17. The topological polar surface area (TPSA) is 37.2 Å². The minimum atomic E-state index is 0.0129. The Hall–Kier alpha value is -0.960. The number of anilines is 1. The number of likely N-dealkylation sites (N-methyl/N-ethyl adjacent to an activating group) is 1. The summed E-state index contributed by atoms with van der Waals surface area (Å²) in [5.74, 6) is 1.76. The van der Waals surface area contributed by atoms with Gasteiger partial charge in [-0.2, -0.15) is 0 Å². The summed E-state index contributed by atoms with van der Waals surface area (Å²) in [6, 6.07) is 3.91. The van der Waals surface area contributed by atoms with Gasteiger partial charge in [-0.3, -0.25) is 0 Å². The summed E-state index contributed by atoms with van der Waals surface area (Å²) in [6.45, 7) is 7.09. The number of hydrogen-bond donors (Lipinski definition) is 2. The van der Waals surface area contributed by atoms with E-state index in [1.807, 2.05) is 26.1 Å². The van der Waals surface area contributed by atoms with E-state index in [1.54, 1.807) is 0 Å². The predicted molar refractivity (Wildman–Crippen MR) is 55.1 cm³/mol. The lowest BCUT2D eigenvalue weighted by molar-refractivity contribution is 0.484. The Morgan fingerprint density at radius 2 is 2.08 bits per heavy atom. The van der Waals surface area contributed by atoms with Crippen LogP contribution in [0.2, 0.25) is 0 Å². The van der Waals surface area contributed by atoms with Gasteiger partial charge in [0.25, 0.3) is 0 Å². The molecular formula is C10H18N2O. The molecule has 1 rings (SSSR count). The van der Waals surface area contributed by atoms with Crippen LogP contribution in [0, 0.1) is 6.92 Å². The Morgan fingerprint density at radius 1 is 1.38 bits per heavy atom. The molecular weight excluding hydrogens is 164 g/mol. The summed E-state index contributed by atoms with van der Waals surface area (Å²) < 4.78 is 5.43. The summed E-state index contributed by atoms with van der Waals surface area (Å²) in [5.41, 5.74) is 0.0129. The van der Waals surface area contributed by atoms with E-state index >= 15 is 0 Å². The number of hydrogen-bond acceptors (Lipinski definition) is 3. The van der Waals surface area contributed by atoms with Crippen molar-refractivity contribution < 1.29 is 4.42 Å². The molecule has 0 amide bonds. The van der Waals surface area contributed by atoms with Gasteiger partial charge in [-0.1, -0.05) is 0 Å². The van der Waals surface area contributed by atoms with Gasteiger partial charge in [0.05, 0.1) is 0 Å². The number of nitrogens with one attached hydrogen (secondary N) is 2. The van der Waals surface area contributed by atoms with Crippen molar-refractivity contribution in [1.82, 2.24) is 5.32 Å². The van der Waals surface area contributed by atoms with Gasteiger partial charge in [-0.25, -0.2) is 0 Å². The molecule has 0 bridgehead atoms. The van der Waals surface area contributed by atoms with E-state index < -0.39 is 0 Å². The van der Waals surface area contributed by atoms with Crippen molar-refractivity contribution in [2.45, 2.75) is 26.3 Å². The summed E-state index contributed by atoms with van der Waals surface area (Å²) in [4.78, 5) is 0. The fourth-order valence-electron chi connectivity index (χ4n) is 1.32. The van der Waals surface area contributed by atoms with Gasteiger partial charge in [0.2, 0.25) is 0 Å². The highest BCUT2D eigenvalue weighted by atomic mass is 16.4. The predicted octanol–water partition coefficient (Wildman–Crippen LogP) is 2.00. The SMILES string of the molecule is CNCC(C)(C)Nc1ccc(C)o1. The van der Waals surface area contributed by atoms with Crippen LogP contribution >= 0.6 is 0 Å². The minimum Gasteiger partial charge on any atom is -0.446 e. The van der Waals surface area contributed by atoms with Crippen LogP contribution in [-0.2, 0) is 0 Å². The third-order valence-electron chi connectivity index (χ3n) is 1.82. The minimum absolute atomic E-state index is 0.0129. The zero-order chi connectivity index (χ0) is 9.90. The molecule has 3 heteroatoms. The lowest BCUT2D eigenvalue weighted by Crippen LogP contribution is -2.40. The maximum absolute atomic E-state index is 5.43. The summed E-state index contributed by atoms with van der Waals surface area (Å²) in [6.07, 6.45) is 0. The van der Waals surface area contributed by atoms with Gasteiger partial charge in [0, 0.05) is 18.2 Å². The first kappa shape index (κ1) is 10.1. The molecule has 0 atom stereocenters. The second kappa shape index (κ2) is 3.83. The largest absolute Gasteiger partial charge is 0.446 e. The molecule has 0 fully saturated rings. The molecule has 2 N–H and O–H groups in total. The van der Waals surface area contributed by atoms with Gasteiger partial charge in [-0.05, 0) is 33.9 Å². The molecule has 0 aromatic carbocycles. The van der Waals surface area contributed by atoms with Crippen molar-refractivity contribution in [2.75, 3.05) is 18.9 Å². The van der Waals surface area contributed by atoms with E-state index in [1.165, 1.54) is 0 Å². The van der Waals surface area contributed by atoms with E-state index in [0.717, 1.165) is 18.2 Å². The standard InChI is InChI=1S/C10H18N2O/c1-8-5-6-9(13-8)12-10(2,3)7-11-4/h5-6,11-12H,7H2,1-4H3. The molecule has 0 aliphatic heterocycles. The van der Waals surface area contributed by atoms with E-state index in [9.17, 15) is 0 Å². The maximum Gasteiger partial charge on any atom is 0.193 e. The monoisotopic (exact) mass is 182 g/mol. The van der Waals surface area contributed by atoms with Crippen LogP contribution in [0.4, 0.5) is 5.88 Å². The van der Waals surface area contributed by atoms with E-state index in [4.69, 9.17) is 4.42 Å². The van der Waals surface area contributed by atoms with Crippen LogP contribution in [0.1, 0.15) is 19.6 Å². The van der Waals surface area contributed by atoms with Gasteiger partial charge < -0.3 is 15.1 Å². The zero-order valence-corrected chi connectivity index (χ0v) is 8.77. The first-order valence-corrected chi connectivity index (χ1v) is 4.53. The first-order valence-electron chi connectivity index (χ1n) is 4.53. The van der Waals surface area contributed by atoms with Crippen LogP contribution < -0.4 is 10.6 Å². The summed E-state index contributed by atoms with van der Waals surface area (Å²) in [5, 5.41) is 6.44. The molecule has 0 saturated carbocycles. The lowest BCUT2D eigenvalue weighted by atomic mass is 10.1. The smallest absolute Gasteiger partial charge is 0.193 e. The lowest BCUT2D eigenvalue weighted by Gasteiger charge is -2.25. The fourth-order valence-corrected chi connectivity index (χ4v) is 1.32. The second-order valence-corrected chi connectivity index (χ2v) is 3.95. The van der Waals surface area contributed by atoms with Crippen molar-refractivity contribution in [3.8, 4) is 0 Å². The van der Waals surface area contributed by atoms with Gasteiger partial charge in [0.15, 0.2) is 5.88 Å². The molecule has 1 aromatic rings. The average molecular weight is 182 g/mol. The van der Waals surface area contributed by atoms with Crippen molar-refractivity contribution in [3.05, 3.63) is 17.9 Å². The second-order valence-electron chi connectivity index (χ2n) is 3.95. The van der Waals surface area contributed by atoms with Crippen LogP contribution in [-0.4, -0.2) is 19.1 Å². The van der Waals surface area contributed by atoms with Gasteiger partial charge >= 0.3 is 0 Å². The molecule has 74 valence electrons. The average Bonchev–Trinajstić information content (AvgIpc) is 2.34. The summed E-state index contributed by atoms with van der Waals surface area (Å²) in [7, 11) is 1.94. The maximum atomic E-state index is 5.43.